The molecule has 6 N–H and O–H groups in total. The Hall–Kier alpha value is -3.96. The number of esters is 2. The minimum atomic E-state index is -1.08. The molecule has 1 aromatic carbocycles. The molecule has 1 rings (SSSR count). The van der Waals surface area contributed by atoms with Gasteiger partial charge in [-0.3, -0.25) is 20.2 Å². The van der Waals surface area contributed by atoms with E-state index in [0.29, 0.717) is 0 Å². The zero-order chi connectivity index (χ0) is 19.7. The van der Waals surface area contributed by atoms with Crippen molar-refractivity contribution >= 4 is 35.8 Å². The van der Waals surface area contributed by atoms with Gasteiger partial charge in [0, 0.05) is 0 Å². The molecule has 0 aromatic heterocycles. The number of imide groups is 2. The number of hydrogen-bond acceptors (Lipinski definition) is 8. The van der Waals surface area contributed by atoms with Gasteiger partial charge in [-0.1, -0.05) is 0 Å². The van der Waals surface area contributed by atoms with E-state index in [-0.39, 0.29) is 11.1 Å². The van der Waals surface area contributed by atoms with Gasteiger partial charge in [0.15, 0.2) is 13.2 Å². The molecule has 12 nitrogen and oxygen atoms in total. The molecule has 12 heteroatoms. The highest BCUT2D eigenvalue weighted by atomic mass is 16.5. The fraction of sp³-hybridized carbons (Fsp3) is 0.143. The lowest BCUT2D eigenvalue weighted by atomic mass is 10.1. The minimum absolute atomic E-state index is 0.0138. The van der Waals surface area contributed by atoms with Gasteiger partial charge in [0.05, 0.1) is 11.1 Å². The summed E-state index contributed by atoms with van der Waals surface area (Å²) in [6.45, 7) is -1.44. The van der Waals surface area contributed by atoms with Crippen LogP contribution < -0.4 is 22.1 Å². The van der Waals surface area contributed by atoms with Crippen molar-refractivity contribution in [2.45, 2.75) is 0 Å². The molecule has 138 valence electrons. The maximum absolute atomic E-state index is 11.7. The number of hydrogen-bond donors (Lipinski definition) is 4. The van der Waals surface area contributed by atoms with Crippen molar-refractivity contribution in [2.24, 2.45) is 11.5 Å². The van der Waals surface area contributed by atoms with Crippen LogP contribution >= 0.6 is 0 Å². The predicted octanol–water partition coefficient (Wildman–Crippen LogP) is -1.61. The van der Waals surface area contributed by atoms with E-state index in [9.17, 15) is 28.8 Å². The van der Waals surface area contributed by atoms with Crippen molar-refractivity contribution < 1.29 is 38.2 Å². The molecular formula is C14H14N4O8. The summed E-state index contributed by atoms with van der Waals surface area (Å²) < 4.78 is 9.27. The number of urea groups is 2. The quantitative estimate of drug-likeness (QED) is 0.431. The highest BCUT2D eigenvalue weighted by molar-refractivity contribution is 5.98. The van der Waals surface area contributed by atoms with Crippen molar-refractivity contribution in [3.05, 3.63) is 35.4 Å². The summed E-state index contributed by atoms with van der Waals surface area (Å²) in [5.41, 5.74) is 9.47. The van der Waals surface area contributed by atoms with E-state index in [0.717, 1.165) is 0 Å². The van der Waals surface area contributed by atoms with Crippen LogP contribution in [0.2, 0.25) is 0 Å². The molecular weight excluding hydrogens is 352 g/mol. The molecule has 0 saturated heterocycles. The van der Waals surface area contributed by atoms with Crippen molar-refractivity contribution in [3.8, 4) is 0 Å². The molecule has 0 aliphatic heterocycles. The van der Waals surface area contributed by atoms with Gasteiger partial charge in [-0.2, -0.15) is 0 Å². The first kappa shape index (κ1) is 20.1. The van der Waals surface area contributed by atoms with Gasteiger partial charge >= 0.3 is 24.0 Å². The predicted molar refractivity (Wildman–Crippen MR) is 82.5 cm³/mol. The van der Waals surface area contributed by atoms with Crippen LogP contribution in [0.1, 0.15) is 20.7 Å². The number of carbonyl (C=O) groups excluding carboxylic acids is 6. The third-order valence-corrected chi connectivity index (χ3v) is 2.55. The normalized spacial score (nSPS) is 9.54. The fourth-order valence-electron chi connectivity index (χ4n) is 1.52. The molecule has 0 fully saturated rings. The van der Waals surface area contributed by atoms with E-state index >= 15 is 0 Å². The molecule has 0 spiro atoms. The van der Waals surface area contributed by atoms with Gasteiger partial charge in [-0.15, -0.1) is 0 Å². The number of nitrogens with one attached hydrogen (secondary N) is 2. The molecule has 0 heterocycles. The average Bonchev–Trinajstić information content (AvgIpc) is 2.56. The Morgan fingerprint density at radius 2 is 1.00 bits per heavy atom. The Labute approximate surface area is 145 Å². The molecule has 0 aliphatic rings. The lowest BCUT2D eigenvalue weighted by Crippen LogP contribution is -2.37. The van der Waals surface area contributed by atoms with Crippen LogP contribution in [0.3, 0.4) is 0 Å². The van der Waals surface area contributed by atoms with Crippen molar-refractivity contribution in [3.63, 3.8) is 0 Å². The van der Waals surface area contributed by atoms with Crippen LogP contribution in [0.4, 0.5) is 9.59 Å². The molecule has 0 aliphatic carbocycles. The zero-order valence-electron chi connectivity index (χ0n) is 13.1. The van der Waals surface area contributed by atoms with Gasteiger partial charge in [0.1, 0.15) is 0 Å². The molecule has 6 amide bonds. The molecule has 1 aromatic rings. The van der Waals surface area contributed by atoms with E-state index in [1.54, 1.807) is 10.6 Å². The van der Waals surface area contributed by atoms with Crippen molar-refractivity contribution in [2.75, 3.05) is 13.2 Å². The number of rotatable bonds is 6. The van der Waals surface area contributed by atoms with Crippen LogP contribution in [-0.2, 0) is 19.1 Å². The molecule has 26 heavy (non-hydrogen) atoms. The van der Waals surface area contributed by atoms with E-state index in [4.69, 9.17) is 11.5 Å². The Balaban J connectivity index is 2.54. The standard InChI is InChI=1S/C14H14N4O8/c15-13(23)17-9(19)5-25-11(21)7-1-2-8(4-3-7)12(22)26-6-10(20)18-14(16)24/h1-4H,5-6H2,(H3,15,17,19,23)(H3,16,18,20,24). The Morgan fingerprint density at radius 3 is 1.27 bits per heavy atom. The van der Waals surface area contributed by atoms with Gasteiger partial charge in [0.2, 0.25) is 0 Å². The largest absolute Gasteiger partial charge is 0.452 e. The van der Waals surface area contributed by atoms with E-state index in [2.05, 4.69) is 9.47 Å². The Kier molecular flexibility index (Phi) is 7.23. The highest BCUT2D eigenvalue weighted by Gasteiger charge is 2.14. The minimum Gasteiger partial charge on any atom is -0.452 e. The molecule has 0 atom stereocenters. The van der Waals surface area contributed by atoms with Crippen LogP contribution in [0.5, 0.6) is 0 Å². The van der Waals surface area contributed by atoms with E-state index < -0.39 is 49.0 Å². The number of ether oxygens (including phenoxy) is 2. The number of carbonyl (C=O) groups is 6. The number of primary amides is 2. The summed E-state index contributed by atoms with van der Waals surface area (Å²) in [7, 11) is 0. The maximum atomic E-state index is 11.7. The lowest BCUT2D eigenvalue weighted by Gasteiger charge is -2.06. The lowest BCUT2D eigenvalue weighted by molar-refractivity contribution is -0.123. The van der Waals surface area contributed by atoms with Crippen molar-refractivity contribution in [1.82, 2.24) is 10.6 Å². The molecule has 0 radical (unpaired) electrons. The van der Waals surface area contributed by atoms with Crippen molar-refractivity contribution in [1.29, 1.82) is 0 Å². The summed E-state index contributed by atoms with van der Waals surface area (Å²) in [5.74, 6) is -3.57. The summed E-state index contributed by atoms with van der Waals surface area (Å²) in [6.07, 6.45) is 0. The second-order valence-corrected chi connectivity index (χ2v) is 4.55. The summed E-state index contributed by atoms with van der Waals surface area (Å²) >= 11 is 0. The average molecular weight is 366 g/mol. The highest BCUT2D eigenvalue weighted by Crippen LogP contribution is 2.07. The molecule has 0 bridgehead atoms. The third-order valence-electron chi connectivity index (χ3n) is 2.55. The molecule has 0 saturated carbocycles. The smallest absolute Gasteiger partial charge is 0.338 e. The third kappa shape index (κ3) is 7.08. The van der Waals surface area contributed by atoms with Gasteiger partial charge in [0.25, 0.3) is 11.8 Å². The van der Waals surface area contributed by atoms with Crippen LogP contribution in [0, 0.1) is 0 Å². The summed E-state index contributed by atoms with van der Waals surface area (Å²) in [5, 5.41) is 3.42. The summed E-state index contributed by atoms with van der Waals surface area (Å²) in [6, 6.07) is 2.70. The van der Waals surface area contributed by atoms with E-state index in [1.807, 2.05) is 0 Å². The monoisotopic (exact) mass is 366 g/mol. The van der Waals surface area contributed by atoms with Gasteiger partial charge in [-0.25, -0.2) is 19.2 Å². The summed E-state index contributed by atoms with van der Waals surface area (Å²) in [4.78, 5) is 66.5. The first-order valence-electron chi connectivity index (χ1n) is 6.82. The molecule has 0 unspecified atom stereocenters. The topological polar surface area (TPSA) is 197 Å². The zero-order valence-corrected chi connectivity index (χ0v) is 13.1. The second kappa shape index (κ2) is 9.36. The van der Waals surface area contributed by atoms with E-state index in [1.165, 1.54) is 24.3 Å². The number of amides is 6. The van der Waals surface area contributed by atoms with Crippen LogP contribution in [0.25, 0.3) is 0 Å². The van der Waals surface area contributed by atoms with Crippen LogP contribution in [0.15, 0.2) is 24.3 Å². The van der Waals surface area contributed by atoms with Crippen LogP contribution in [-0.4, -0.2) is 49.0 Å². The Bertz CT molecular complexity index is 681. The maximum Gasteiger partial charge on any atom is 0.338 e. The fourth-order valence-corrected chi connectivity index (χ4v) is 1.52. The SMILES string of the molecule is NC(=O)NC(=O)COC(=O)c1ccc(C(=O)OCC(=O)NC(N)=O)cc1. The first-order chi connectivity index (χ1) is 12.2. The number of nitrogens with two attached hydrogens (primary N) is 2. The number of benzene rings is 1. The Morgan fingerprint density at radius 1 is 0.692 bits per heavy atom. The second-order valence-electron chi connectivity index (χ2n) is 4.55. The van der Waals surface area contributed by atoms with Gasteiger partial charge in [-0.05, 0) is 24.3 Å². The van der Waals surface area contributed by atoms with Gasteiger partial charge < -0.3 is 20.9 Å². The first-order valence-corrected chi connectivity index (χ1v) is 6.82.